The van der Waals surface area contributed by atoms with Crippen molar-refractivity contribution in [3.05, 3.63) is 65.5 Å². The zero-order valence-electron chi connectivity index (χ0n) is 18.1. The van der Waals surface area contributed by atoms with Crippen LogP contribution in [-0.2, 0) is 17.6 Å². The monoisotopic (exact) mass is 419 g/mol. The standard InChI is InChI=1S/C25H29N3O3/c1-17(2)28(16-20-12-14-23(29)26-20)25(30)19-11-13-22-21(15-19)27-24(31-22)10-6-9-18-7-4-3-5-8-18/h3-5,7-8,11,13,15,17,20H,6,9-10,12,14,16H2,1-2H3,(H,26,29)/t20-/m1/s1. The van der Waals surface area contributed by atoms with Crippen LogP contribution in [0.15, 0.2) is 52.9 Å². The number of hydrogen-bond acceptors (Lipinski definition) is 4. The Hall–Kier alpha value is -3.15. The Morgan fingerprint density at radius 2 is 2.00 bits per heavy atom. The molecule has 0 unspecified atom stereocenters. The van der Waals surface area contributed by atoms with Crippen molar-refractivity contribution in [2.45, 2.75) is 58.0 Å². The highest BCUT2D eigenvalue weighted by Crippen LogP contribution is 2.21. The largest absolute Gasteiger partial charge is 0.441 e. The van der Waals surface area contributed by atoms with Crippen molar-refractivity contribution in [2.75, 3.05) is 6.54 Å². The maximum atomic E-state index is 13.2. The van der Waals surface area contributed by atoms with Crippen LogP contribution in [0, 0.1) is 0 Å². The van der Waals surface area contributed by atoms with Crippen molar-refractivity contribution in [3.8, 4) is 0 Å². The summed E-state index contributed by atoms with van der Waals surface area (Å²) in [5, 5.41) is 2.95. The van der Waals surface area contributed by atoms with Crippen LogP contribution >= 0.6 is 0 Å². The molecule has 1 atom stereocenters. The van der Waals surface area contributed by atoms with E-state index in [2.05, 4.69) is 22.4 Å². The summed E-state index contributed by atoms with van der Waals surface area (Å²) in [6.45, 7) is 4.51. The minimum absolute atomic E-state index is 0.0193. The molecule has 4 rings (SSSR count). The number of hydrogen-bond donors (Lipinski definition) is 1. The van der Waals surface area contributed by atoms with E-state index < -0.39 is 0 Å². The Kier molecular flexibility index (Phi) is 6.35. The average molecular weight is 420 g/mol. The summed E-state index contributed by atoms with van der Waals surface area (Å²) >= 11 is 0. The van der Waals surface area contributed by atoms with Gasteiger partial charge in [0.05, 0.1) is 0 Å². The van der Waals surface area contributed by atoms with Crippen LogP contribution in [0.1, 0.15) is 54.9 Å². The Morgan fingerprint density at radius 3 is 2.71 bits per heavy atom. The molecule has 0 radical (unpaired) electrons. The topological polar surface area (TPSA) is 75.4 Å². The predicted molar refractivity (Wildman–Crippen MR) is 120 cm³/mol. The molecule has 1 aliphatic heterocycles. The van der Waals surface area contributed by atoms with E-state index in [-0.39, 0.29) is 23.9 Å². The number of benzene rings is 2. The molecule has 3 aromatic rings. The summed E-state index contributed by atoms with van der Waals surface area (Å²) in [4.78, 5) is 31.1. The van der Waals surface area contributed by atoms with E-state index in [9.17, 15) is 9.59 Å². The molecule has 1 saturated heterocycles. The summed E-state index contributed by atoms with van der Waals surface area (Å²) in [6, 6.07) is 15.9. The first-order chi connectivity index (χ1) is 15.0. The first kappa shape index (κ1) is 21.1. The molecule has 1 aliphatic rings. The number of carbonyl (C=O) groups excluding carboxylic acids is 2. The summed E-state index contributed by atoms with van der Waals surface area (Å²) in [6.07, 6.45) is 3.99. The molecule has 0 aliphatic carbocycles. The Balaban J connectivity index is 1.43. The summed E-state index contributed by atoms with van der Waals surface area (Å²) in [5.41, 5.74) is 3.30. The number of fused-ring (bicyclic) bond motifs is 1. The smallest absolute Gasteiger partial charge is 0.254 e. The van der Waals surface area contributed by atoms with Gasteiger partial charge in [0.25, 0.3) is 5.91 Å². The van der Waals surface area contributed by atoms with Crippen molar-refractivity contribution in [2.24, 2.45) is 0 Å². The van der Waals surface area contributed by atoms with Gasteiger partial charge in [0.15, 0.2) is 11.5 Å². The van der Waals surface area contributed by atoms with Crippen LogP contribution in [0.5, 0.6) is 0 Å². The van der Waals surface area contributed by atoms with Crippen LogP contribution in [0.3, 0.4) is 0 Å². The van der Waals surface area contributed by atoms with E-state index in [0.29, 0.717) is 35.5 Å². The van der Waals surface area contributed by atoms with Gasteiger partial charge in [0.1, 0.15) is 5.52 Å². The van der Waals surface area contributed by atoms with E-state index in [1.54, 1.807) is 6.07 Å². The highest BCUT2D eigenvalue weighted by Gasteiger charge is 2.27. The quantitative estimate of drug-likeness (QED) is 0.596. The molecule has 0 spiro atoms. The van der Waals surface area contributed by atoms with Gasteiger partial charge < -0.3 is 14.6 Å². The van der Waals surface area contributed by atoms with Gasteiger partial charge in [-0.25, -0.2) is 4.98 Å². The van der Waals surface area contributed by atoms with E-state index >= 15 is 0 Å². The van der Waals surface area contributed by atoms with Crippen molar-refractivity contribution in [3.63, 3.8) is 0 Å². The maximum Gasteiger partial charge on any atom is 0.254 e. The van der Waals surface area contributed by atoms with Gasteiger partial charge in [-0.05, 0) is 56.9 Å². The molecule has 0 bridgehead atoms. The van der Waals surface area contributed by atoms with Gasteiger partial charge in [-0.1, -0.05) is 30.3 Å². The van der Waals surface area contributed by atoms with Crippen molar-refractivity contribution < 1.29 is 14.0 Å². The molecule has 1 aromatic heterocycles. The molecule has 2 heterocycles. The highest BCUT2D eigenvalue weighted by molar-refractivity contribution is 5.97. The minimum atomic E-state index is -0.0494. The molecule has 6 nitrogen and oxygen atoms in total. The minimum Gasteiger partial charge on any atom is -0.441 e. The van der Waals surface area contributed by atoms with Crippen molar-refractivity contribution >= 4 is 22.9 Å². The summed E-state index contributed by atoms with van der Waals surface area (Å²) in [5.74, 6) is 0.710. The number of amides is 2. The SMILES string of the molecule is CC(C)N(C[C@H]1CCC(=O)N1)C(=O)c1ccc2oc(CCCc3ccccc3)nc2c1. The molecule has 0 saturated carbocycles. The third-order valence-electron chi connectivity index (χ3n) is 5.76. The summed E-state index contributed by atoms with van der Waals surface area (Å²) in [7, 11) is 0. The van der Waals surface area contributed by atoms with Crippen LogP contribution in [-0.4, -0.2) is 40.3 Å². The van der Waals surface area contributed by atoms with Crippen LogP contribution in [0.2, 0.25) is 0 Å². The number of carbonyl (C=O) groups is 2. The fourth-order valence-corrected chi connectivity index (χ4v) is 4.05. The Morgan fingerprint density at radius 1 is 1.19 bits per heavy atom. The van der Waals surface area contributed by atoms with Crippen LogP contribution in [0.25, 0.3) is 11.1 Å². The zero-order valence-corrected chi connectivity index (χ0v) is 18.1. The zero-order chi connectivity index (χ0) is 21.8. The lowest BCUT2D eigenvalue weighted by atomic mass is 10.1. The van der Waals surface area contributed by atoms with Crippen LogP contribution < -0.4 is 5.32 Å². The maximum absolute atomic E-state index is 13.2. The van der Waals surface area contributed by atoms with Gasteiger partial charge in [-0.15, -0.1) is 0 Å². The van der Waals surface area contributed by atoms with Gasteiger partial charge in [0, 0.05) is 37.0 Å². The molecular weight excluding hydrogens is 390 g/mol. The molecule has 31 heavy (non-hydrogen) atoms. The lowest BCUT2D eigenvalue weighted by Gasteiger charge is -2.29. The molecule has 2 aromatic carbocycles. The Bertz CT molecular complexity index is 1060. The third-order valence-corrected chi connectivity index (χ3v) is 5.76. The number of nitrogens with zero attached hydrogens (tertiary/aromatic N) is 2. The second kappa shape index (κ2) is 9.33. The fraction of sp³-hybridized carbons (Fsp3) is 0.400. The predicted octanol–water partition coefficient (Wildman–Crippen LogP) is 4.13. The number of aryl methyl sites for hydroxylation is 2. The molecule has 162 valence electrons. The van der Waals surface area contributed by atoms with E-state index in [4.69, 9.17) is 4.42 Å². The van der Waals surface area contributed by atoms with E-state index in [1.807, 2.05) is 49.1 Å². The Labute approximate surface area is 182 Å². The summed E-state index contributed by atoms with van der Waals surface area (Å²) < 4.78 is 5.88. The van der Waals surface area contributed by atoms with Gasteiger partial charge >= 0.3 is 0 Å². The van der Waals surface area contributed by atoms with Crippen molar-refractivity contribution in [1.29, 1.82) is 0 Å². The van der Waals surface area contributed by atoms with Gasteiger partial charge in [-0.3, -0.25) is 9.59 Å². The van der Waals surface area contributed by atoms with Gasteiger partial charge in [0.2, 0.25) is 5.91 Å². The molecule has 1 N–H and O–H groups in total. The van der Waals surface area contributed by atoms with Crippen LogP contribution in [0.4, 0.5) is 0 Å². The highest BCUT2D eigenvalue weighted by atomic mass is 16.3. The lowest BCUT2D eigenvalue weighted by molar-refractivity contribution is -0.119. The molecule has 2 amide bonds. The molecule has 1 fully saturated rings. The van der Waals surface area contributed by atoms with E-state index in [0.717, 1.165) is 25.7 Å². The van der Waals surface area contributed by atoms with E-state index in [1.165, 1.54) is 5.56 Å². The molecule has 6 heteroatoms. The molecular formula is C25H29N3O3. The average Bonchev–Trinajstić information content (AvgIpc) is 3.36. The number of rotatable bonds is 8. The lowest BCUT2D eigenvalue weighted by Crippen LogP contribution is -2.45. The van der Waals surface area contributed by atoms with Crippen molar-refractivity contribution in [1.82, 2.24) is 15.2 Å². The second-order valence-corrected chi connectivity index (χ2v) is 8.48. The third kappa shape index (κ3) is 5.13. The normalized spacial score (nSPS) is 16.1. The first-order valence-electron chi connectivity index (χ1n) is 11.0. The second-order valence-electron chi connectivity index (χ2n) is 8.48. The number of nitrogens with one attached hydrogen (secondary N) is 1. The fourth-order valence-electron chi connectivity index (χ4n) is 4.05. The number of oxazole rings is 1. The first-order valence-corrected chi connectivity index (χ1v) is 11.0. The van der Waals surface area contributed by atoms with Gasteiger partial charge in [-0.2, -0.15) is 0 Å². The number of aromatic nitrogens is 1.